The Kier molecular flexibility index (Phi) is 3.28. The smallest absolute Gasteiger partial charge is 0.336 e. The molecule has 0 saturated heterocycles. The maximum Gasteiger partial charge on any atom is 0.336 e. The minimum Gasteiger partial charge on any atom is -0.467 e. The molecule has 0 aliphatic heterocycles. The van der Waals surface area contributed by atoms with Crippen LogP contribution in [0.3, 0.4) is 0 Å². The van der Waals surface area contributed by atoms with Gasteiger partial charge in [-0.05, 0) is 5.56 Å². The van der Waals surface area contributed by atoms with Gasteiger partial charge in [0.15, 0.2) is 0 Å². The number of benzene rings is 1. The van der Waals surface area contributed by atoms with E-state index in [4.69, 9.17) is 5.73 Å². The monoisotopic (exact) mass is 229 g/mol. The fourth-order valence-corrected chi connectivity index (χ4v) is 1.41. The Labute approximate surface area is 92.2 Å². The lowest BCUT2D eigenvalue weighted by Gasteiger charge is -2.32. The average molecular weight is 229 g/mol. The van der Waals surface area contributed by atoms with Crippen LogP contribution in [0.5, 0.6) is 0 Å². The Balaban J connectivity index is 3.32. The van der Waals surface area contributed by atoms with Crippen molar-refractivity contribution in [2.75, 3.05) is 7.11 Å². The highest BCUT2D eigenvalue weighted by Crippen LogP contribution is 2.35. The Morgan fingerprint density at radius 2 is 1.81 bits per heavy atom. The van der Waals surface area contributed by atoms with Crippen LogP contribution in [-0.2, 0) is 15.1 Å². The Morgan fingerprint density at radius 1 is 1.31 bits per heavy atom. The molecule has 0 aliphatic rings. The Bertz CT molecular complexity index is 375. The zero-order valence-corrected chi connectivity index (χ0v) is 9.04. The Hall–Kier alpha value is -1.49. The number of carbonyl (C=O) groups is 1. The second kappa shape index (κ2) is 4.17. The van der Waals surface area contributed by atoms with E-state index in [1.54, 1.807) is 6.07 Å². The third-order valence-electron chi connectivity index (χ3n) is 2.43. The van der Waals surface area contributed by atoms with Crippen molar-refractivity contribution < 1.29 is 18.3 Å². The van der Waals surface area contributed by atoms with Crippen LogP contribution in [0, 0.1) is 0 Å². The average Bonchev–Trinajstić information content (AvgIpc) is 2.26. The van der Waals surface area contributed by atoms with Crippen LogP contribution in [-0.4, -0.2) is 19.0 Å². The number of methoxy groups -OCH3 is 1. The molecule has 0 aromatic heterocycles. The van der Waals surface area contributed by atoms with Gasteiger partial charge < -0.3 is 10.5 Å². The van der Waals surface area contributed by atoms with Gasteiger partial charge in [-0.25, -0.2) is 13.6 Å². The summed E-state index contributed by atoms with van der Waals surface area (Å²) in [6, 6.07) is 7.45. The van der Waals surface area contributed by atoms with Gasteiger partial charge in [-0.3, -0.25) is 0 Å². The predicted molar refractivity (Wildman–Crippen MR) is 54.9 cm³/mol. The lowest BCUT2D eigenvalue weighted by molar-refractivity contribution is -0.164. The SMILES string of the molecule is COC(=O)C(N)(c1ccccc1)C(C)(F)F. The second-order valence-electron chi connectivity index (χ2n) is 3.55. The molecule has 2 N–H and O–H groups in total. The molecule has 0 fully saturated rings. The standard InChI is InChI=1S/C11H13F2NO2/c1-10(12,13)11(14,9(15)16-2)8-6-4-3-5-7-8/h3-7H,14H2,1-2H3. The van der Waals surface area contributed by atoms with Gasteiger partial charge in [0.05, 0.1) is 7.11 Å². The molecule has 0 heterocycles. The van der Waals surface area contributed by atoms with Gasteiger partial charge in [-0.2, -0.15) is 0 Å². The van der Waals surface area contributed by atoms with E-state index in [1.165, 1.54) is 24.3 Å². The molecule has 0 saturated carbocycles. The molecule has 0 bridgehead atoms. The van der Waals surface area contributed by atoms with Crippen molar-refractivity contribution in [3.63, 3.8) is 0 Å². The molecule has 1 aromatic carbocycles. The van der Waals surface area contributed by atoms with Gasteiger partial charge >= 0.3 is 5.97 Å². The number of hydrogen-bond acceptors (Lipinski definition) is 3. The van der Waals surface area contributed by atoms with E-state index in [-0.39, 0.29) is 5.56 Å². The molecular weight excluding hydrogens is 216 g/mol. The number of halogens is 2. The highest BCUT2D eigenvalue weighted by Gasteiger charge is 2.55. The third kappa shape index (κ3) is 1.90. The topological polar surface area (TPSA) is 52.3 Å². The first-order valence-electron chi connectivity index (χ1n) is 4.64. The quantitative estimate of drug-likeness (QED) is 0.802. The lowest BCUT2D eigenvalue weighted by Crippen LogP contribution is -2.57. The van der Waals surface area contributed by atoms with Crippen molar-refractivity contribution in [3.8, 4) is 0 Å². The molecule has 1 unspecified atom stereocenters. The zero-order valence-electron chi connectivity index (χ0n) is 9.04. The second-order valence-corrected chi connectivity index (χ2v) is 3.55. The maximum absolute atomic E-state index is 13.5. The van der Waals surface area contributed by atoms with Crippen LogP contribution in [0.1, 0.15) is 12.5 Å². The van der Waals surface area contributed by atoms with Gasteiger partial charge in [0, 0.05) is 6.92 Å². The number of alkyl halides is 2. The number of nitrogens with two attached hydrogens (primary N) is 1. The highest BCUT2D eigenvalue weighted by atomic mass is 19.3. The molecule has 1 atom stereocenters. The van der Waals surface area contributed by atoms with E-state index < -0.39 is 17.4 Å². The molecular formula is C11H13F2NO2. The summed E-state index contributed by atoms with van der Waals surface area (Å²) < 4.78 is 31.3. The van der Waals surface area contributed by atoms with Crippen molar-refractivity contribution in [1.82, 2.24) is 0 Å². The third-order valence-corrected chi connectivity index (χ3v) is 2.43. The van der Waals surface area contributed by atoms with Crippen molar-refractivity contribution in [2.45, 2.75) is 18.4 Å². The van der Waals surface area contributed by atoms with Crippen molar-refractivity contribution in [1.29, 1.82) is 0 Å². The summed E-state index contributed by atoms with van der Waals surface area (Å²) in [5.41, 5.74) is 3.09. The summed E-state index contributed by atoms with van der Waals surface area (Å²) in [6.45, 7) is 0.594. The molecule has 1 rings (SSSR count). The molecule has 1 aromatic rings. The number of ether oxygens (including phenoxy) is 1. The highest BCUT2D eigenvalue weighted by molar-refractivity contribution is 5.83. The predicted octanol–water partition coefficient (Wildman–Crippen LogP) is 1.67. The number of hydrogen-bond donors (Lipinski definition) is 1. The van der Waals surface area contributed by atoms with Crippen LogP contribution in [0.25, 0.3) is 0 Å². The fraction of sp³-hybridized carbons (Fsp3) is 0.364. The molecule has 0 radical (unpaired) electrons. The minimum absolute atomic E-state index is 0.0225. The van der Waals surface area contributed by atoms with E-state index in [9.17, 15) is 13.6 Å². The van der Waals surface area contributed by atoms with Crippen molar-refractivity contribution in [3.05, 3.63) is 35.9 Å². The first-order valence-corrected chi connectivity index (χ1v) is 4.64. The summed E-state index contributed by atoms with van der Waals surface area (Å²) in [4.78, 5) is 11.5. The summed E-state index contributed by atoms with van der Waals surface area (Å²) in [5.74, 6) is -4.58. The van der Waals surface area contributed by atoms with Crippen molar-refractivity contribution >= 4 is 5.97 Å². The van der Waals surface area contributed by atoms with Crippen LogP contribution in [0.4, 0.5) is 8.78 Å². The largest absolute Gasteiger partial charge is 0.467 e. The number of esters is 1. The zero-order chi connectivity index (χ0) is 12.4. The first kappa shape index (κ1) is 12.6. The molecule has 16 heavy (non-hydrogen) atoms. The summed E-state index contributed by atoms with van der Waals surface area (Å²) >= 11 is 0. The van der Waals surface area contributed by atoms with E-state index in [1.807, 2.05) is 0 Å². The number of carbonyl (C=O) groups excluding carboxylic acids is 1. The van der Waals surface area contributed by atoms with Gasteiger partial charge in [0.2, 0.25) is 5.54 Å². The minimum atomic E-state index is -3.42. The summed E-state index contributed by atoms with van der Waals surface area (Å²) in [6.07, 6.45) is 0. The van der Waals surface area contributed by atoms with E-state index in [2.05, 4.69) is 4.74 Å². The molecule has 5 heteroatoms. The van der Waals surface area contributed by atoms with Gasteiger partial charge in [0.25, 0.3) is 5.92 Å². The maximum atomic E-state index is 13.5. The van der Waals surface area contributed by atoms with Crippen molar-refractivity contribution in [2.24, 2.45) is 5.73 Å². The van der Waals surface area contributed by atoms with E-state index >= 15 is 0 Å². The molecule has 0 aliphatic carbocycles. The fourth-order valence-electron chi connectivity index (χ4n) is 1.41. The van der Waals surface area contributed by atoms with E-state index in [0.29, 0.717) is 6.92 Å². The normalized spacial score (nSPS) is 15.3. The van der Waals surface area contributed by atoms with Crippen LogP contribution in [0.15, 0.2) is 30.3 Å². The summed E-state index contributed by atoms with van der Waals surface area (Å²) in [7, 11) is 1.03. The van der Waals surface area contributed by atoms with Crippen LogP contribution < -0.4 is 5.73 Å². The van der Waals surface area contributed by atoms with Gasteiger partial charge in [0.1, 0.15) is 0 Å². The lowest BCUT2D eigenvalue weighted by atomic mass is 9.85. The van der Waals surface area contributed by atoms with Crippen LogP contribution in [0.2, 0.25) is 0 Å². The first-order chi connectivity index (χ1) is 7.34. The van der Waals surface area contributed by atoms with E-state index in [0.717, 1.165) is 7.11 Å². The van der Waals surface area contributed by atoms with Crippen LogP contribution >= 0.6 is 0 Å². The molecule has 88 valence electrons. The molecule has 3 nitrogen and oxygen atoms in total. The van der Waals surface area contributed by atoms with Gasteiger partial charge in [-0.15, -0.1) is 0 Å². The Morgan fingerprint density at radius 3 is 2.19 bits per heavy atom. The molecule has 0 spiro atoms. The van der Waals surface area contributed by atoms with Gasteiger partial charge in [-0.1, -0.05) is 30.3 Å². The summed E-state index contributed by atoms with van der Waals surface area (Å²) in [5, 5.41) is 0. The molecule has 0 amide bonds. The number of rotatable bonds is 3.